The molecule has 0 aliphatic heterocycles. The fourth-order valence-electron chi connectivity index (χ4n) is 2.81. The normalized spacial score (nSPS) is 12.9. The number of nitrogens with one attached hydrogen (secondary N) is 1. The molecule has 0 saturated heterocycles. The summed E-state index contributed by atoms with van der Waals surface area (Å²) in [6.45, 7) is 3.48. The highest BCUT2D eigenvalue weighted by Crippen LogP contribution is 2.34. The Balaban J connectivity index is 2.43. The Bertz CT molecular complexity index is 863. The third-order valence-corrected chi connectivity index (χ3v) is 4.35. The number of anilines is 2. The van der Waals surface area contributed by atoms with Gasteiger partial charge in [-0.2, -0.15) is 0 Å². The molecule has 1 atom stereocenters. The molecule has 7 nitrogen and oxygen atoms in total. The third-order valence-electron chi connectivity index (χ3n) is 4.35. The van der Waals surface area contributed by atoms with Crippen LogP contribution in [0.25, 0.3) is 0 Å². The lowest BCUT2D eigenvalue weighted by atomic mass is 9.77. The zero-order valence-electron chi connectivity index (χ0n) is 15.5. The Morgan fingerprint density at radius 2 is 2.00 bits per heavy atom. The summed E-state index contributed by atoms with van der Waals surface area (Å²) in [5.74, 6) is -2.91. The van der Waals surface area contributed by atoms with Crippen LogP contribution in [-0.2, 0) is 19.7 Å². The number of nitrogens with zero attached hydrogens (tertiary/aromatic N) is 2. The van der Waals surface area contributed by atoms with Crippen LogP contribution in [0, 0.1) is 11.6 Å². The third kappa shape index (κ3) is 4.79. The largest absolute Gasteiger partial charge is 0.481 e. The minimum absolute atomic E-state index is 0.0376. The van der Waals surface area contributed by atoms with Gasteiger partial charge in [-0.3, -0.25) is 14.6 Å². The molecule has 0 saturated carbocycles. The molecular formula is C19H21F2N3O4. The maximum absolute atomic E-state index is 13.9. The lowest BCUT2D eigenvalue weighted by molar-refractivity contribution is -0.151. The summed E-state index contributed by atoms with van der Waals surface area (Å²) in [5.41, 5.74) is -1.27. The van der Waals surface area contributed by atoms with E-state index in [1.165, 1.54) is 12.4 Å². The van der Waals surface area contributed by atoms with Crippen LogP contribution in [0.15, 0.2) is 30.6 Å². The molecule has 0 amide bonds. The van der Waals surface area contributed by atoms with Crippen LogP contribution in [-0.4, -0.2) is 33.6 Å². The topological polar surface area (TPSA) is 101 Å². The van der Waals surface area contributed by atoms with Crippen LogP contribution >= 0.6 is 0 Å². The molecule has 0 radical (unpaired) electrons. The Morgan fingerprint density at radius 3 is 2.64 bits per heavy atom. The minimum atomic E-state index is -1.32. The monoisotopic (exact) mass is 393 g/mol. The number of aliphatic carboxylic acids is 1. The fraction of sp³-hybridized carbons (Fsp3) is 0.368. The Kier molecular flexibility index (Phi) is 6.97. The number of carbonyl (C=O) groups is 2. The van der Waals surface area contributed by atoms with Gasteiger partial charge in [0.1, 0.15) is 22.9 Å². The van der Waals surface area contributed by atoms with Gasteiger partial charge >= 0.3 is 11.9 Å². The SMILES string of the molecule is CCOC(=O)C(CC)(CCC(=O)O)c1cncc(Nc2cc(F)ccc2F)n1. The first kappa shape index (κ1) is 21.2. The quantitative estimate of drug-likeness (QED) is 0.628. The second-order valence-electron chi connectivity index (χ2n) is 6.09. The van der Waals surface area contributed by atoms with Gasteiger partial charge in [0.25, 0.3) is 0 Å². The van der Waals surface area contributed by atoms with Crippen LogP contribution in [0.5, 0.6) is 0 Å². The van der Waals surface area contributed by atoms with E-state index < -0.39 is 29.0 Å². The highest BCUT2D eigenvalue weighted by atomic mass is 19.1. The lowest BCUT2D eigenvalue weighted by Gasteiger charge is -2.29. The molecule has 2 aromatic rings. The molecule has 1 unspecified atom stereocenters. The van der Waals surface area contributed by atoms with Crippen molar-refractivity contribution >= 4 is 23.4 Å². The van der Waals surface area contributed by atoms with Gasteiger partial charge in [-0.15, -0.1) is 0 Å². The van der Waals surface area contributed by atoms with Gasteiger partial charge in [0, 0.05) is 18.7 Å². The van der Waals surface area contributed by atoms with E-state index in [1.54, 1.807) is 13.8 Å². The molecule has 0 fully saturated rings. The maximum atomic E-state index is 13.9. The van der Waals surface area contributed by atoms with Crippen molar-refractivity contribution in [2.24, 2.45) is 0 Å². The average molecular weight is 393 g/mol. The first-order chi connectivity index (χ1) is 13.3. The van der Waals surface area contributed by atoms with Crippen LogP contribution in [0.2, 0.25) is 0 Å². The number of rotatable bonds is 9. The molecule has 28 heavy (non-hydrogen) atoms. The van der Waals surface area contributed by atoms with Crippen molar-refractivity contribution in [1.29, 1.82) is 0 Å². The van der Waals surface area contributed by atoms with Crippen molar-refractivity contribution in [1.82, 2.24) is 9.97 Å². The summed E-state index contributed by atoms with van der Waals surface area (Å²) in [6, 6.07) is 2.92. The highest BCUT2D eigenvalue weighted by molar-refractivity contribution is 5.83. The van der Waals surface area contributed by atoms with Crippen LogP contribution in [0.1, 0.15) is 38.8 Å². The molecule has 2 rings (SSSR count). The number of carboxylic acids is 1. The molecule has 0 aliphatic carbocycles. The van der Waals surface area contributed by atoms with Crippen LogP contribution < -0.4 is 5.32 Å². The van der Waals surface area contributed by atoms with Crippen LogP contribution in [0.3, 0.4) is 0 Å². The van der Waals surface area contributed by atoms with Crippen molar-refractivity contribution < 1.29 is 28.2 Å². The molecule has 1 heterocycles. The number of hydrogen-bond acceptors (Lipinski definition) is 6. The first-order valence-electron chi connectivity index (χ1n) is 8.76. The Hall–Kier alpha value is -3.10. The summed E-state index contributed by atoms with van der Waals surface area (Å²) in [5, 5.41) is 11.7. The second kappa shape index (κ2) is 9.20. The molecule has 0 spiro atoms. The molecule has 0 aliphatic rings. The number of carbonyl (C=O) groups excluding carboxylic acids is 1. The fourth-order valence-corrected chi connectivity index (χ4v) is 2.81. The molecular weight excluding hydrogens is 372 g/mol. The van der Waals surface area contributed by atoms with Gasteiger partial charge < -0.3 is 15.2 Å². The summed E-state index contributed by atoms with van der Waals surface area (Å²) >= 11 is 0. The van der Waals surface area contributed by atoms with Crippen molar-refractivity contribution in [3.8, 4) is 0 Å². The van der Waals surface area contributed by atoms with E-state index in [2.05, 4.69) is 15.3 Å². The second-order valence-corrected chi connectivity index (χ2v) is 6.09. The summed E-state index contributed by atoms with van der Waals surface area (Å²) < 4.78 is 32.4. The highest BCUT2D eigenvalue weighted by Gasteiger charge is 2.42. The van der Waals surface area contributed by atoms with Crippen LogP contribution in [0.4, 0.5) is 20.3 Å². The summed E-state index contributed by atoms with van der Waals surface area (Å²) in [4.78, 5) is 32.1. The van der Waals surface area contributed by atoms with Gasteiger partial charge in [-0.05, 0) is 31.9 Å². The van der Waals surface area contributed by atoms with E-state index in [0.717, 1.165) is 18.2 Å². The standard InChI is InChI=1S/C19H21F2N3O4/c1-3-19(8-7-17(25)26,18(27)28-4-2)15-10-22-11-16(24-15)23-14-9-12(20)5-6-13(14)21/h5-6,9-11H,3-4,7-8H2,1-2H3,(H,23,24)(H,25,26). The van der Waals surface area contributed by atoms with Gasteiger partial charge in [0.2, 0.25) is 0 Å². The van der Waals surface area contributed by atoms with E-state index in [-0.39, 0.29) is 43.1 Å². The number of esters is 1. The number of carboxylic acid groups (broad SMARTS) is 1. The van der Waals surface area contributed by atoms with E-state index in [1.807, 2.05) is 0 Å². The van der Waals surface area contributed by atoms with Crippen molar-refractivity contribution in [3.05, 3.63) is 47.9 Å². The maximum Gasteiger partial charge on any atom is 0.318 e. The number of aromatic nitrogens is 2. The van der Waals surface area contributed by atoms with Gasteiger partial charge in [-0.25, -0.2) is 13.8 Å². The zero-order chi connectivity index (χ0) is 20.7. The molecule has 0 bridgehead atoms. The minimum Gasteiger partial charge on any atom is -0.481 e. The number of ether oxygens (including phenoxy) is 1. The summed E-state index contributed by atoms with van der Waals surface area (Å²) in [7, 11) is 0. The number of hydrogen-bond donors (Lipinski definition) is 2. The average Bonchev–Trinajstić information content (AvgIpc) is 2.66. The Morgan fingerprint density at radius 1 is 1.25 bits per heavy atom. The van der Waals surface area contributed by atoms with E-state index in [9.17, 15) is 18.4 Å². The molecule has 1 aromatic carbocycles. The van der Waals surface area contributed by atoms with Crippen molar-refractivity contribution in [2.75, 3.05) is 11.9 Å². The molecule has 150 valence electrons. The van der Waals surface area contributed by atoms with E-state index in [0.29, 0.717) is 0 Å². The predicted octanol–water partition coefficient (Wildman–Crippen LogP) is 3.57. The van der Waals surface area contributed by atoms with Crippen molar-refractivity contribution in [2.45, 2.75) is 38.5 Å². The predicted molar refractivity (Wildman–Crippen MR) is 97.1 cm³/mol. The summed E-state index contributed by atoms with van der Waals surface area (Å²) in [6.07, 6.45) is 2.55. The smallest absolute Gasteiger partial charge is 0.318 e. The lowest BCUT2D eigenvalue weighted by Crippen LogP contribution is -2.38. The molecule has 1 aromatic heterocycles. The van der Waals surface area contributed by atoms with Gasteiger partial charge in [0.15, 0.2) is 0 Å². The first-order valence-corrected chi connectivity index (χ1v) is 8.76. The Labute approximate surface area is 160 Å². The number of benzene rings is 1. The van der Waals surface area contributed by atoms with Crippen molar-refractivity contribution in [3.63, 3.8) is 0 Å². The molecule has 9 heteroatoms. The van der Waals surface area contributed by atoms with Gasteiger partial charge in [-0.1, -0.05) is 6.92 Å². The van der Waals surface area contributed by atoms with Gasteiger partial charge in [0.05, 0.1) is 24.2 Å². The van der Waals surface area contributed by atoms with E-state index >= 15 is 0 Å². The molecule has 2 N–H and O–H groups in total. The number of halogens is 2. The van der Waals surface area contributed by atoms with E-state index in [4.69, 9.17) is 9.84 Å². The zero-order valence-corrected chi connectivity index (χ0v) is 15.5.